The van der Waals surface area contributed by atoms with Crippen LogP contribution in [0, 0.1) is 0 Å². The zero-order chi connectivity index (χ0) is 14.5. The summed E-state index contributed by atoms with van der Waals surface area (Å²) in [5, 5.41) is 1.19. The number of hydrogen-bond donors (Lipinski definition) is 2. The molecule has 0 fully saturated rings. The Morgan fingerprint density at radius 2 is 2.15 bits per heavy atom. The SMILES string of the molecule is CC(C)Oc1nc(NN)nc(Sc2ncccc2Br)n1. The minimum Gasteiger partial charge on any atom is -0.461 e. The van der Waals surface area contributed by atoms with Gasteiger partial charge in [0.15, 0.2) is 0 Å². The van der Waals surface area contributed by atoms with Gasteiger partial charge in [0.1, 0.15) is 5.03 Å². The van der Waals surface area contributed by atoms with E-state index in [0.717, 1.165) is 9.50 Å². The lowest BCUT2D eigenvalue weighted by Crippen LogP contribution is -2.15. The average Bonchev–Trinajstić information content (AvgIpc) is 2.40. The van der Waals surface area contributed by atoms with Crippen molar-refractivity contribution in [2.45, 2.75) is 30.1 Å². The smallest absolute Gasteiger partial charge is 0.322 e. The first-order valence-corrected chi connectivity index (χ1v) is 7.37. The molecule has 106 valence electrons. The summed E-state index contributed by atoms with van der Waals surface area (Å²) in [5.41, 5.74) is 2.39. The molecule has 0 amide bonds. The van der Waals surface area contributed by atoms with E-state index in [-0.39, 0.29) is 18.1 Å². The van der Waals surface area contributed by atoms with Crippen molar-refractivity contribution < 1.29 is 4.74 Å². The summed E-state index contributed by atoms with van der Waals surface area (Å²) in [6.45, 7) is 3.78. The zero-order valence-electron chi connectivity index (χ0n) is 10.9. The number of nitrogen functional groups attached to an aromatic ring is 1. The van der Waals surface area contributed by atoms with Gasteiger partial charge in [0, 0.05) is 6.20 Å². The molecule has 0 spiro atoms. The van der Waals surface area contributed by atoms with Crippen molar-refractivity contribution in [2.75, 3.05) is 5.43 Å². The van der Waals surface area contributed by atoms with E-state index in [9.17, 15) is 0 Å². The lowest BCUT2D eigenvalue weighted by atomic mass is 10.5. The van der Waals surface area contributed by atoms with Gasteiger partial charge in [-0.2, -0.15) is 15.0 Å². The zero-order valence-corrected chi connectivity index (χ0v) is 13.3. The second-order valence-electron chi connectivity index (χ2n) is 3.93. The van der Waals surface area contributed by atoms with E-state index in [4.69, 9.17) is 10.6 Å². The highest BCUT2D eigenvalue weighted by molar-refractivity contribution is 9.10. The monoisotopic (exact) mass is 356 g/mol. The predicted octanol–water partition coefficient (Wildman–Crippen LogP) is 2.25. The summed E-state index contributed by atoms with van der Waals surface area (Å²) in [7, 11) is 0. The van der Waals surface area contributed by atoms with Gasteiger partial charge in [-0.1, -0.05) is 0 Å². The summed E-state index contributed by atoms with van der Waals surface area (Å²) < 4.78 is 6.32. The van der Waals surface area contributed by atoms with Crippen LogP contribution in [0.3, 0.4) is 0 Å². The maximum atomic E-state index is 5.46. The molecule has 3 N–H and O–H groups in total. The molecule has 9 heteroatoms. The molecule has 0 atom stereocenters. The molecule has 0 unspecified atom stereocenters. The van der Waals surface area contributed by atoms with E-state index in [1.807, 2.05) is 26.0 Å². The van der Waals surface area contributed by atoms with E-state index in [1.54, 1.807) is 6.20 Å². The Morgan fingerprint density at radius 1 is 1.35 bits per heavy atom. The molecule has 0 saturated heterocycles. The number of halogens is 1. The topological polar surface area (TPSA) is 98.8 Å². The first-order chi connectivity index (χ1) is 9.58. The number of nitrogens with two attached hydrogens (primary N) is 1. The van der Waals surface area contributed by atoms with Crippen LogP contribution in [-0.4, -0.2) is 26.0 Å². The van der Waals surface area contributed by atoms with Crippen molar-refractivity contribution >= 4 is 33.6 Å². The Balaban J connectivity index is 2.29. The third kappa shape index (κ3) is 4.02. The Morgan fingerprint density at radius 3 is 2.80 bits per heavy atom. The largest absolute Gasteiger partial charge is 0.461 e. The van der Waals surface area contributed by atoms with Crippen LogP contribution in [-0.2, 0) is 0 Å². The summed E-state index contributed by atoms with van der Waals surface area (Å²) >= 11 is 4.71. The van der Waals surface area contributed by atoms with E-state index in [2.05, 4.69) is 41.3 Å². The lowest BCUT2D eigenvalue weighted by molar-refractivity contribution is 0.219. The van der Waals surface area contributed by atoms with Crippen molar-refractivity contribution in [3.63, 3.8) is 0 Å². The summed E-state index contributed by atoms with van der Waals surface area (Å²) in [6, 6.07) is 3.95. The molecule has 2 heterocycles. The molecular weight excluding hydrogens is 344 g/mol. The number of hydrazine groups is 1. The molecule has 0 saturated carbocycles. The Kier molecular flexibility index (Phi) is 5.10. The van der Waals surface area contributed by atoms with Gasteiger partial charge in [0.2, 0.25) is 11.1 Å². The molecule has 0 radical (unpaired) electrons. The molecule has 0 aromatic carbocycles. The van der Waals surface area contributed by atoms with Gasteiger partial charge < -0.3 is 4.74 Å². The third-order valence-corrected chi connectivity index (χ3v) is 3.76. The Bertz CT molecular complexity index is 597. The minimum absolute atomic E-state index is 0.0394. The lowest BCUT2D eigenvalue weighted by Gasteiger charge is -2.09. The van der Waals surface area contributed by atoms with Crippen LogP contribution in [0.15, 0.2) is 33.0 Å². The van der Waals surface area contributed by atoms with Crippen molar-refractivity contribution in [2.24, 2.45) is 5.84 Å². The third-order valence-electron chi connectivity index (χ3n) is 1.98. The second-order valence-corrected chi connectivity index (χ2v) is 5.74. The van der Waals surface area contributed by atoms with Crippen LogP contribution in [0.1, 0.15) is 13.8 Å². The van der Waals surface area contributed by atoms with Crippen LogP contribution < -0.4 is 16.0 Å². The normalized spacial score (nSPS) is 10.7. The minimum atomic E-state index is -0.0394. The first kappa shape index (κ1) is 14.9. The fourth-order valence-electron chi connectivity index (χ4n) is 1.24. The van der Waals surface area contributed by atoms with Crippen LogP contribution in [0.2, 0.25) is 0 Å². The van der Waals surface area contributed by atoms with Gasteiger partial charge in [-0.25, -0.2) is 10.8 Å². The quantitative estimate of drug-likeness (QED) is 0.621. The number of rotatable bonds is 5. The van der Waals surface area contributed by atoms with Crippen LogP contribution in [0.5, 0.6) is 6.01 Å². The number of nitrogens with one attached hydrogen (secondary N) is 1. The molecule has 0 aliphatic rings. The average molecular weight is 357 g/mol. The molecule has 2 rings (SSSR count). The van der Waals surface area contributed by atoms with Crippen molar-refractivity contribution in [1.29, 1.82) is 0 Å². The van der Waals surface area contributed by atoms with Crippen LogP contribution in [0.25, 0.3) is 0 Å². The highest BCUT2D eigenvalue weighted by Gasteiger charge is 2.11. The van der Waals surface area contributed by atoms with E-state index in [1.165, 1.54) is 11.8 Å². The fourth-order valence-corrected chi connectivity index (χ4v) is 2.45. The van der Waals surface area contributed by atoms with Crippen LogP contribution in [0.4, 0.5) is 5.95 Å². The molecule has 0 aliphatic carbocycles. The van der Waals surface area contributed by atoms with Gasteiger partial charge in [0.25, 0.3) is 0 Å². The Labute approximate surface area is 128 Å². The summed E-state index contributed by atoms with van der Waals surface area (Å²) in [6.07, 6.45) is 1.66. The highest BCUT2D eigenvalue weighted by atomic mass is 79.9. The maximum Gasteiger partial charge on any atom is 0.322 e. The van der Waals surface area contributed by atoms with Gasteiger partial charge in [-0.05, 0) is 53.7 Å². The standard InChI is InChI=1S/C11H13BrN6OS/c1-6(2)19-10-15-9(18-13)16-11(17-10)20-8-7(12)4-3-5-14-8/h3-6H,13H2,1-2H3,(H,15,16,17,18). The van der Waals surface area contributed by atoms with Crippen molar-refractivity contribution in [3.8, 4) is 6.01 Å². The highest BCUT2D eigenvalue weighted by Crippen LogP contribution is 2.30. The van der Waals surface area contributed by atoms with Crippen molar-refractivity contribution in [1.82, 2.24) is 19.9 Å². The molecule has 0 aliphatic heterocycles. The predicted molar refractivity (Wildman–Crippen MR) is 79.5 cm³/mol. The molecule has 7 nitrogen and oxygen atoms in total. The second kappa shape index (κ2) is 6.82. The molecule has 20 heavy (non-hydrogen) atoms. The Hall–Kier alpha value is -1.45. The molecule has 2 aromatic rings. The maximum absolute atomic E-state index is 5.46. The first-order valence-electron chi connectivity index (χ1n) is 5.76. The van der Waals surface area contributed by atoms with E-state index < -0.39 is 0 Å². The summed E-state index contributed by atoms with van der Waals surface area (Å²) in [4.78, 5) is 16.7. The van der Waals surface area contributed by atoms with Gasteiger partial charge in [-0.15, -0.1) is 0 Å². The van der Waals surface area contributed by atoms with Crippen LogP contribution >= 0.6 is 27.7 Å². The molecule has 2 aromatic heterocycles. The van der Waals surface area contributed by atoms with E-state index in [0.29, 0.717) is 5.16 Å². The van der Waals surface area contributed by atoms with Gasteiger partial charge in [0.05, 0.1) is 10.6 Å². The molecular formula is C11H13BrN6OS. The number of ether oxygens (including phenoxy) is 1. The number of anilines is 1. The number of pyridine rings is 1. The fraction of sp³-hybridized carbons (Fsp3) is 0.273. The van der Waals surface area contributed by atoms with E-state index >= 15 is 0 Å². The number of aromatic nitrogens is 4. The number of nitrogens with zero attached hydrogens (tertiary/aromatic N) is 4. The van der Waals surface area contributed by atoms with Gasteiger partial charge in [-0.3, -0.25) is 5.43 Å². The van der Waals surface area contributed by atoms with Gasteiger partial charge >= 0.3 is 6.01 Å². The van der Waals surface area contributed by atoms with Crippen molar-refractivity contribution in [3.05, 3.63) is 22.8 Å². The summed E-state index contributed by atoms with van der Waals surface area (Å²) in [5.74, 6) is 5.59. The molecule has 0 bridgehead atoms. The number of hydrogen-bond acceptors (Lipinski definition) is 8.